The van der Waals surface area contributed by atoms with E-state index >= 15 is 0 Å². The summed E-state index contributed by atoms with van der Waals surface area (Å²) >= 11 is 0. The summed E-state index contributed by atoms with van der Waals surface area (Å²) in [5.41, 5.74) is 0. The fraction of sp³-hybridized carbons (Fsp3) is 1.00. The van der Waals surface area contributed by atoms with Gasteiger partial charge in [0.05, 0.1) is 24.6 Å². The molecule has 0 aliphatic carbocycles. The zero-order valence-corrected chi connectivity index (χ0v) is 23.7. The standard InChI is InChI=1S/C30H64P/c1-5-9-12-13-14-15-16-17-18-19-20-21-22-23-24-25-26-30-31(27-8-4,28-10-6-2)29-11-7-3/h5-30H2,1-4H3/q+1. The van der Waals surface area contributed by atoms with Gasteiger partial charge < -0.3 is 0 Å². The molecule has 0 aliphatic heterocycles. The van der Waals surface area contributed by atoms with Gasteiger partial charge in [-0.05, 0) is 32.1 Å². The first-order chi connectivity index (χ1) is 15.2. The summed E-state index contributed by atoms with van der Waals surface area (Å²) in [6, 6.07) is 0. The van der Waals surface area contributed by atoms with Crippen LogP contribution in [0.25, 0.3) is 0 Å². The van der Waals surface area contributed by atoms with Crippen LogP contribution in [0.2, 0.25) is 0 Å². The van der Waals surface area contributed by atoms with E-state index in [1.165, 1.54) is 135 Å². The Labute approximate surface area is 200 Å². The molecule has 0 aromatic carbocycles. The minimum atomic E-state index is -0.619. The Bertz CT molecular complexity index is 316. The molecule has 188 valence electrons. The van der Waals surface area contributed by atoms with Crippen molar-refractivity contribution in [1.82, 2.24) is 0 Å². The summed E-state index contributed by atoms with van der Waals surface area (Å²) in [7, 11) is -0.619. The third-order valence-corrected chi connectivity index (χ3v) is 12.6. The summed E-state index contributed by atoms with van der Waals surface area (Å²) in [5, 5.41) is 0. The van der Waals surface area contributed by atoms with Crippen molar-refractivity contribution in [2.45, 2.75) is 169 Å². The second kappa shape index (κ2) is 25.1. The molecule has 0 aliphatic rings. The minimum Gasteiger partial charge on any atom is -0.0654 e. The SMILES string of the molecule is CCCCCCCCCCCCCCCCCCC[P+](CCC)(CCCC)CCCC. The maximum absolute atomic E-state index is 2.43. The molecule has 0 heterocycles. The van der Waals surface area contributed by atoms with Gasteiger partial charge in [0.1, 0.15) is 0 Å². The highest BCUT2D eigenvalue weighted by atomic mass is 31.2. The second-order valence-electron chi connectivity index (χ2n) is 10.6. The molecule has 0 rings (SSSR count). The molecule has 0 atom stereocenters. The molecule has 0 aromatic rings. The molecule has 0 unspecified atom stereocenters. The lowest BCUT2D eigenvalue weighted by molar-refractivity contribution is 0.529. The molecule has 0 amide bonds. The Balaban J connectivity index is 3.58. The predicted molar refractivity (Wildman–Crippen MR) is 151 cm³/mol. The van der Waals surface area contributed by atoms with Crippen molar-refractivity contribution in [3.05, 3.63) is 0 Å². The summed E-state index contributed by atoms with van der Waals surface area (Å²) in [5.74, 6) is 0. The zero-order chi connectivity index (χ0) is 22.9. The normalized spacial score (nSPS) is 12.0. The highest BCUT2D eigenvalue weighted by Crippen LogP contribution is 2.61. The van der Waals surface area contributed by atoms with Crippen LogP contribution in [0.5, 0.6) is 0 Å². The lowest BCUT2D eigenvalue weighted by Crippen LogP contribution is -2.12. The third-order valence-electron chi connectivity index (χ3n) is 7.41. The van der Waals surface area contributed by atoms with Gasteiger partial charge >= 0.3 is 0 Å². The fourth-order valence-electron chi connectivity index (χ4n) is 5.30. The average Bonchev–Trinajstić information content (AvgIpc) is 2.78. The zero-order valence-electron chi connectivity index (χ0n) is 22.8. The molecule has 0 fully saturated rings. The van der Waals surface area contributed by atoms with E-state index in [1.54, 1.807) is 31.1 Å². The molecule has 0 saturated heterocycles. The number of hydrogen-bond acceptors (Lipinski definition) is 0. The van der Waals surface area contributed by atoms with Crippen LogP contribution in [-0.2, 0) is 0 Å². The van der Waals surface area contributed by atoms with E-state index in [-0.39, 0.29) is 0 Å². The van der Waals surface area contributed by atoms with Gasteiger partial charge in [-0.3, -0.25) is 0 Å². The van der Waals surface area contributed by atoms with E-state index in [4.69, 9.17) is 0 Å². The maximum Gasteiger partial charge on any atom is 0.0594 e. The lowest BCUT2D eigenvalue weighted by Gasteiger charge is -2.27. The lowest BCUT2D eigenvalue weighted by atomic mass is 10.0. The van der Waals surface area contributed by atoms with Crippen LogP contribution in [0.4, 0.5) is 0 Å². The number of hydrogen-bond donors (Lipinski definition) is 0. The van der Waals surface area contributed by atoms with Crippen LogP contribution >= 0.6 is 7.26 Å². The van der Waals surface area contributed by atoms with Crippen LogP contribution in [0.3, 0.4) is 0 Å². The van der Waals surface area contributed by atoms with E-state index in [1.807, 2.05) is 0 Å². The molecule has 1 heteroatoms. The van der Waals surface area contributed by atoms with Crippen LogP contribution in [-0.4, -0.2) is 24.6 Å². The maximum atomic E-state index is 2.43. The van der Waals surface area contributed by atoms with Crippen molar-refractivity contribution in [2.75, 3.05) is 24.6 Å². The van der Waals surface area contributed by atoms with Crippen molar-refractivity contribution in [1.29, 1.82) is 0 Å². The van der Waals surface area contributed by atoms with Crippen molar-refractivity contribution in [3.8, 4) is 0 Å². The molecule has 0 saturated carbocycles. The Kier molecular flexibility index (Phi) is 25.4. The highest BCUT2D eigenvalue weighted by molar-refractivity contribution is 7.75. The predicted octanol–water partition coefficient (Wildman–Crippen LogP) is 11.7. The van der Waals surface area contributed by atoms with E-state index in [0.717, 1.165) is 0 Å². The molecular formula is C30H64P+. The molecule has 0 nitrogen and oxygen atoms in total. The van der Waals surface area contributed by atoms with E-state index in [0.29, 0.717) is 0 Å². The molecule has 31 heavy (non-hydrogen) atoms. The summed E-state index contributed by atoms with van der Waals surface area (Å²) in [6.45, 7) is 9.51. The molecule has 0 bridgehead atoms. The molecular weight excluding hydrogens is 391 g/mol. The Hall–Kier alpha value is 0.430. The van der Waals surface area contributed by atoms with Crippen LogP contribution in [0.15, 0.2) is 0 Å². The molecule has 0 spiro atoms. The van der Waals surface area contributed by atoms with Gasteiger partial charge in [0.2, 0.25) is 0 Å². The van der Waals surface area contributed by atoms with Gasteiger partial charge in [-0.2, -0.15) is 0 Å². The number of rotatable bonds is 26. The van der Waals surface area contributed by atoms with E-state index < -0.39 is 7.26 Å². The van der Waals surface area contributed by atoms with Gasteiger partial charge in [0.25, 0.3) is 0 Å². The minimum absolute atomic E-state index is 0.619. The highest BCUT2D eigenvalue weighted by Gasteiger charge is 2.34. The van der Waals surface area contributed by atoms with E-state index in [2.05, 4.69) is 27.7 Å². The van der Waals surface area contributed by atoms with Gasteiger partial charge in [0.15, 0.2) is 0 Å². The third kappa shape index (κ3) is 20.7. The van der Waals surface area contributed by atoms with Crippen molar-refractivity contribution in [3.63, 3.8) is 0 Å². The summed E-state index contributed by atoms with van der Waals surface area (Å²) in [6.07, 6.45) is 38.9. The average molecular weight is 456 g/mol. The Morgan fingerprint density at radius 2 is 0.548 bits per heavy atom. The monoisotopic (exact) mass is 455 g/mol. The first-order valence-corrected chi connectivity index (χ1v) is 17.6. The largest absolute Gasteiger partial charge is 0.0654 e. The second-order valence-corrected chi connectivity index (χ2v) is 15.1. The van der Waals surface area contributed by atoms with Crippen LogP contribution in [0.1, 0.15) is 169 Å². The van der Waals surface area contributed by atoms with E-state index in [9.17, 15) is 0 Å². The van der Waals surface area contributed by atoms with Gasteiger partial charge in [0, 0.05) is 7.26 Å². The molecule has 0 radical (unpaired) electrons. The van der Waals surface area contributed by atoms with Gasteiger partial charge in [-0.15, -0.1) is 0 Å². The van der Waals surface area contributed by atoms with Gasteiger partial charge in [-0.25, -0.2) is 0 Å². The van der Waals surface area contributed by atoms with Crippen molar-refractivity contribution < 1.29 is 0 Å². The topological polar surface area (TPSA) is 0 Å². The van der Waals surface area contributed by atoms with Crippen LogP contribution < -0.4 is 0 Å². The summed E-state index contributed by atoms with van der Waals surface area (Å²) < 4.78 is 0. The molecule has 0 N–H and O–H groups in total. The first kappa shape index (κ1) is 31.4. The van der Waals surface area contributed by atoms with Crippen molar-refractivity contribution >= 4 is 7.26 Å². The first-order valence-electron chi connectivity index (χ1n) is 15.1. The van der Waals surface area contributed by atoms with Crippen molar-refractivity contribution in [2.24, 2.45) is 0 Å². The van der Waals surface area contributed by atoms with Gasteiger partial charge in [-0.1, -0.05) is 137 Å². The summed E-state index contributed by atoms with van der Waals surface area (Å²) in [4.78, 5) is 0. The number of unbranched alkanes of at least 4 members (excludes halogenated alkanes) is 18. The smallest absolute Gasteiger partial charge is 0.0594 e. The Morgan fingerprint density at radius 3 is 0.871 bits per heavy atom. The quantitative estimate of drug-likeness (QED) is 0.0898. The molecule has 0 aromatic heterocycles. The fourth-order valence-corrected chi connectivity index (χ4v) is 10.5. The van der Waals surface area contributed by atoms with Crippen LogP contribution in [0, 0.1) is 0 Å². The Morgan fingerprint density at radius 1 is 0.258 bits per heavy atom.